The molecule has 2 N–H and O–H groups in total. The van der Waals surface area contributed by atoms with Gasteiger partial charge in [0, 0.05) is 19.7 Å². The first-order chi connectivity index (χ1) is 8.76. The molecule has 2 aromatic heterocycles. The van der Waals surface area contributed by atoms with Crippen LogP contribution in [-0.2, 0) is 4.74 Å². The van der Waals surface area contributed by atoms with Gasteiger partial charge in [-0.15, -0.1) is 11.3 Å². The highest BCUT2D eigenvalue weighted by molar-refractivity contribution is 7.16. The van der Waals surface area contributed by atoms with Crippen LogP contribution in [0.15, 0.2) is 11.4 Å². The average Bonchev–Trinajstić information content (AvgIpc) is 2.82. The van der Waals surface area contributed by atoms with E-state index in [1.165, 1.54) is 0 Å². The number of aromatic nitrogens is 2. The van der Waals surface area contributed by atoms with E-state index in [-0.39, 0.29) is 0 Å². The summed E-state index contributed by atoms with van der Waals surface area (Å²) in [6.07, 6.45) is 0. The molecule has 2 rings (SSSR count). The molecular formula is C12H18N4OS. The Morgan fingerprint density at radius 1 is 1.39 bits per heavy atom. The van der Waals surface area contributed by atoms with Crippen LogP contribution in [0.1, 0.15) is 13.8 Å². The molecule has 6 heteroatoms. The van der Waals surface area contributed by atoms with Crippen LogP contribution >= 0.6 is 11.3 Å². The molecule has 18 heavy (non-hydrogen) atoms. The lowest BCUT2D eigenvalue weighted by molar-refractivity contribution is 0.154. The van der Waals surface area contributed by atoms with E-state index in [1.54, 1.807) is 11.3 Å². The molecule has 98 valence electrons. The van der Waals surface area contributed by atoms with Gasteiger partial charge in [-0.2, -0.15) is 4.98 Å². The first-order valence-electron chi connectivity index (χ1n) is 6.09. The minimum Gasteiger partial charge on any atom is -0.380 e. The minimum atomic E-state index is 0.329. The largest absolute Gasteiger partial charge is 0.380 e. The summed E-state index contributed by atoms with van der Waals surface area (Å²) in [5.41, 5.74) is 5.76. The maximum atomic E-state index is 5.76. The van der Waals surface area contributed by atoms with Crippen molar-refractivity contribution in [2.45, 2.75) is 13.8 Å². The number of fused-ring (bicyclic) bond motifs is 1. The van der Waals surface area contributed by atoms with Crippen LogP contribution in [0.25, 0.3) is 10.2 Å². The molecule has 0 bridgehead atoms. The molecule has 2 aromatic rings. The van der Waals surface area contributed by atoms with Crippen molar-refractivity contribution < 1.29 is 4.74 Å². The number of anilines is 2. The van der Waals surface area contributed by atoms with Gasteiger partial charge in [-0.25, -0.2) is 4.98 Å². The molecule has 0 radical (unpaired) electrons. The van der Waals surface area contributed by atoms with Gasteiger partial charge >= 0.3 is 0 Å². The zero-order valence-electron chi connectivity index (χ0n) is 10.7. The van der Waals surface area contributed by atoms with E-state index < -0.39 is 0 Å². The Labute approximate surface area is 111 Å². The first-order valence-corrected chi connectivity index (χ1v) is 6.97. The molecule has 0 saturated carbocycles. The molecule has 0 saturated heterocycles. The highest BCUT2D eigenvalue weighted by Crippen LogP contribution is 2.28. The van der Waals surface area contributed by atoms with E-state index in [4.69, 9.17) is 10.5 Å². The normalized spacial score (nSPS) is 11.0. The van der Waals surface area contributed by atoms with Crippen molar-refractivity contribution in [3.63, 3.8) is 0 Å². The molecule has 0 aromatic carbocycles. The van der Waals surface area contributed by atoms with E-state index in [2.05, 4.69) is 21.8 Å². The lowest BCUT2D eigenvalue weighted by Crippen LogP contribution is -2.28. The Balaban J connectivity index is 2.28. The number of rotatable bonds is 6. The number of nitrogen functional groups attached to an aromatic ring is 1. The summed E-state index contributed by atoms with van der Waals surface area (Å²) in [6.45, 7) is 7.20. The van der Waals surface area contributed by atoms with Crippen LogP contribution in [0.5, 0.6) is 0 Å². The number of nitrogens with two attached hydrogens (primary N) is 1. The Hall–Kier alpha value is -1.40. The predicted molar refractivity (Wildman–Crippen MR) is 76.2 cm³/mol. The van der Waals surface area contributed by atoms with Crippen LogP contribution in [0.3, 0.4) is 0 Å². The molecular weight excluding hydrogens is 248 g/mol. The van der Waals surface area contributed by atoms with Crippen LogP contribution in [0, 0.1) is 0 Å². The maximum absolute atomic E-state index is 5.76. The van der Waals surface area contributed by atoms with Gasteiger partial charge in [0.05, 0.1) is 12.0 Å². The third-order valence-corrected chi connectivity index (χ3v) is 3.52. The molecule has 0 aliphatic carbocycles. The minimum absolute atomic E-state index is 0.329. The highest BCUT2D eigenvalue weighted by Gasteiger charge is 2.13. The zero-order chi connectivity index (χ0) is 13.0. The number of likely N-dealkylation sites (N-methyl/N-ethyl adjacent to an activating group) is 1. The lowest BCUT2D eigenvalue weighted by Gasteiger charge is -2.22. The van der Waals surface area contributed by atoms with Gasteiger partial charge in [0.25, 0.3) is 0 Å². The number of ether oxygens (including phenoxy) is 1. The Kier molecular flexibility index (Phi) is 4.33. The fourth-order valence-corrected chi connectivity index (χ4v) is 2.60. The molecule has 0 fully saturated rings. The van der Waals surface area contributed by atoms with Crippen molar-refractivity contribution >= 4 is 33.3 Å². The zero-order valence-corrected chi connectivity index (χ0v) is 11.5. The van der Waals surface area contributed by atoms with E-state index in [0.29, 0.717) is 12.6 Å². The van der Waals surface area contributed by atoms with E-state index in [9.17, 15) is 0 Å². The summed E-state index contributed by atoms with van der Waals surface area (Å²) < 4.78 is 5.40. The molecule has 0 unspecified atom stereocenters. The van der Waals surface area contributed by atoms with Crippen LogP contribution in [-0.4, -0.2) is 36.3 Å². The van der Waals surface area contributed by atoms with Gasteiger partial charge < -0.3 is 15.4 Å². The summed E-state index contributed by atoms with van der Waals surface area (Å²) in [6, 6.07) is 2.04. The summed E-state index contributed by atoms with van der Waals surface area (Å²) in [7, 11) is 0. The van der Waals surface area contributed by atoms with Crippen molar-refractivity contribution in [3.05, 3.63) is 11.4 Å². The topological polar surface area (TPSA) is 64.3 Å². The van der Waals surface area contributed by atoms with Crippen LogP contribution < -0.4 is 10.6 Å². The van der Waals surface area contributed by atoms with E-state index in [0.717, 1.165) is 35.7 Å². The molecule has 0 amide bonds. The first kappa shape index (κ1) is 13.0. The lowest BCUT2D eigenvalue weighted by atomic mass is 10.3. The molecule has 0 aliphatic rings. The molecule has 0 aliphatic heterocycles. The van der Waals surface area contributed by atoms with Crippen LogP contribution in [0.2, 0.25) is 0 Å². The van der Waals surface area contributed by atoms with Crippen molar-refractivity contribution in [2.24, 2.45) is 0 Å². The maximum Gasteiger partial charge on any atom is 0.223 e. The number of hydrogen-bond donors (Lipinski definition) is 1. The van der Waals surface area contributed by atoms with Gasteiger partial charge in [-0.05, 0) is 25.3 Å². The second-order valence-corrected chi connectivity index (χ2v) is 4.72. The quantitative estimate of drug-likeness (QED) is 0.811. The number of thiophene rings is 1. The third kappa shape index (κ3) is 2.70. The Bertz CT molecular complexity index is 514. The summed E-state index contributed by atoms with van der Waals surface area (Å²) >= 11 is 1.58. The van der Waals surface area contributed by atoms with Crippen LogP contribution in [0.4, 0.5) is 11.8 Å². The van der Waals surface area contributed by atoms with Crippen molar-refractivity contribution in [2.75, 3.05) is 36.9 Å². The second-order valence-electron chi connectivity index (χ2n) is 3.82. The highest BCUT2D eigenvalue weighted by atomic mass is 32.1. The summed E-state index contributed by atoms with van der Waals surface area (Å²) in [5.74, 6) is 1.23. The summed E-state index contributed by atoms with van der Waals surface area (Å²) in [5, 5.41) is 3.08. The molecule has 0 atom stereocenters. The average molecular weight is 266 g/mol. The van der Waals surface area contributed by atoms with E-state index >= 15 is 0 Å². The molecule has 0 spiro atoms. The van der Waals surface area contributed by atoms with Crippen molar-refractivity contribution in [1.82, 2.24) is 9.97 Å². The number of hydrogen-bond acceptors (Lipinski definition) is 6. The SMILES string of the molecule is CCOCCN(CC)c1nc(N)nc2sccc12. The summed E-state index contributed by atoms with van der Waals surface area (Å²) in [4.78, 5) is 11.7. The predicted octanol–water partition coefficient (Wildman–Crippen LogP) is 2.14. The van der Waals surface area contributed by atoms with Gasteiger partial charge in [-0.3, -0.25) is 0 Å². The van der Waals surface area contributed by atoms with Gasteiger partial charge in [0.15, 0.2) is 0 Å². The molecule has 2 heterocycles. The fourth-order valence-electron chi connectivity index (χ4n) is 1.83. The van der Waals surface area contributed by atoms with Crippen molar-refractivity contribution in [3.8, 4) is 0 Å². The Morgan fingerprint density at radius 2 is 2.22 bits per heavy atom. The van der Waals surface area contributed by atoms with Gasteiger partial charge in [0.1, 0.15) is 10.6 Å². The Morgan fingerprint density at radius 3 is 2.94 bits per heavy atom. The van der Waals surface area contributed by atoms with Gasteiger partial charge in [-0.1, -0.05) is 0 Å². The van der Waals surface area contributed by atoms with Gasteiger partial charge in [0.2, 0.25) is 5.95 Å². The second kappa shape index (κ2) is 5.97. The van der Waals surface area contributed by atoms with E-state index in [1.807, 2.05) is 18.4 Å². The smallest absolute Gasteiger partial charge is 0.223 e. The van der Waals surface area contributed by atoms with Crippen molar-refractivity contribution in [1.29, 1.82) is 0 Å². The third-order valence-electron chi connectivity index (χ3n) is 2.71. The molecule has 5 nitrogen and oxygen atoms in total. The fraction of sp³-hybridized carbons (Fsp3) is 0.500. The standard InChI is InChI=1S/C12H18N4OS/c1-3-16(6-7-17-4-2)10-9-5-8-18-11(9)15-12(13)14-10/h5,8H,3-4,6-7H2,1-2H3,(H2,13,14,15). The monoisotopic (exact) mass is 266 g/mol. The number of nitrogens with zero attached hydrogens (tertiary/aromatic N) is 3.